The standard InChI is InChI=1S/C16H13Cl2F2NO3/c17-13-6-5-12(7-14(13)18)23-9-15(22)21-8-10-1-3-11(4-2-10)24-16(19)20/h1-7,16H,8-9H2,(H,21,22). The summed E-state index contributed by atoms with van der Waals surface area (Å²) in [5.41, 5.74) is 0.736. The maximum Gasteiger partial charge on any atom is 0.387 e. The zero-order valence-corrected chi connectivity index (χ0v) is 13.8. The third-order valence-electron chi connectivity index (χ3n) is 2.90. The molecule has 0 saturated carbocycles. The number of hydrogen-bond donors (Lipinski definition) is 1. The van der Waals surface area contributed by atoms with Gasteiger partial charge in [0.2, 0.25) is 0 Å². The topological polar surface area (TPSA) is 47.6 Å². The van der Waals surface area contributed by atoms with E-state index in [1.54, 1.807) is 24.3 Å². The van der Waals surface area contributed by atoms with E-state index in [0.717, 1.165) is 5.56 Å². The zero-order chi connectivity index (χ0) is 17.5. The van der Waals surface area contributed by atoms with E-state index in [0.29, 0.717) is 15.8 Å². The second-order valence-electron chi connectivity index (χ2n) is 4.66. The van der Waals surface area contributed by atoms with Gasteiger partial charge in [-0.15, -0.1) is 0 Å². The van der Waals surface area contributed by atoms with Gasteiger partial charge in [0.1, 0.15) is 11.5 Å². The predicted molar refractivity (Wildman–Crippen MR) is 86.9 cm³/mol. The van der Waals surface area contributed by atoms with Crippen LogP contribution < -0.4 is 14.8 Å². The van der Waals surface area contributed by atoms with Crippen molar-refractivity contribution in [3.05, 3.63) is 58.1 Å². The Bertz CT molecular complexity index is 696. The fourth-order valence-corrected chi connectivity index (χ4v) is 2.04. The molecule has 0 aliphatic heterocycles. The molecule has 0 spiro atoms. The molecule has 0 aliphatic carbocycles. The maximum atomic E-state index is 12.0. The van der Waals surface area contributed by atoms with Crippen LogP contribution in [-0.4, -0.2) is 19.1 Å². The Balaban J connectivity index is 1.77. The molecule has 0 heterocycles. The molecule has 0 unspecified atom stereocenters. The van der Waals surface area contributed by atoms with E-state index in [9.17, 15) is 13.6 Å². The summed E-state index contributed by atoms with van der Waals surface area (Å²) in [5, 5.41) is 3.37. The van der Waals surface area contributed by atoms with E-state index in [4.69, 9.17) is 27.9 Å². The van der Waals surface area contributed by atoms with Crippen LogP contribution in [0, 0.1) is 0 Å². The highest BCUT2D eigenvalue weighted by Crippen LogP contribution is 2.26. The normalized spacial score (nSPS) is 10.5. The number of alkyl halides is 2. The average Bonchev–Trinajstić information content (AvgIpc) is 2.55. The SMILES string of the molecule is O=C(COc1ccc(Cl)c(Cl)c1)NCc1ccc(OC(F)F)cc1. The van der Waals surface area contributed by atoms with E-state index < -0.39 is 6.61 Å². The van der Waals surface area contributed by atoms with Gasteiger partial charge in [-0.3, -0.25) is 4.79 Å². The van der Waals surface area contributed by atoms with Crippen LogP contribution in [0.15, 0.2) is 42.5 Å². The lowest BCUT2D eigenvalue weighted by molar-refractivity contribution is -0.123. The van der Waals surface area contributed by atoms with E-state index >= 15 is 0 Å². The molecule has 0 atom stereocenters. The lowest BCUT2D eigenvalue weighted by Crippen LogP contribution is -2.28. The maximum absolute atomic E-state index is 12.0. The first-order valence-corrected chi connectivity index (χ1v) is 7.58. The van der Waals surface area contributed by atoms with Crippen molar-refractivity contribution in [2.45, 2.75) is 13.2 Å². The van der Waals surface area contributed by atoms with Gasteiger partial charge in [0, 0.05) is 12.6 Å². The summed E-state index contributed by atoms with van der Waals surface area (Å²) in [6, 6.07) is 10.7. The number of hydrogen-bond acceptors (Lipinski definition) is 3. The molecule has 2 aromatic carbocycles. The lowest BCUT2D eigenvalue weighted by atomic mass is 10.2. The molecule has 2 rings (SSSR count). The van der Waals surface area contributed by atoms with Crippen molar-refractivity contribution < 1.29 is 23.0 Å². The van der Waals surface area contributed by atoms with Crippen LogP contribution in [0.2, 0.25) is 10.0 Å². The number of carbonyl (C=O) groups excluding carboxylic acids is 1. The molecule has 24 heavy (non-hydrogen) atoms. The minimum absolute atomic E-state index is 0.0584. The minimum atomic E-state index is -2.87. The first-order chi connectivity index (χ1) is 11.4. The summed E-state index contributed by atoms with van der Waals surface area (Å²) >= 11 is 11.6. The number of halogens is 4. The van der Waals surface area contributed by atoms with Crippen molar-refractivity contribution in [3.8, 4) is 11.5 Å². The molecule has 4 nitrogen and oxygen atoms in total. The Labute approximate surface area is 147 Å². The van der Waals surface area contributed by atoms with E-state index in [2.05, 4.69) is 10.1 Å². The Kier molecular flexibility index (Phi) is 6.63. The molecule has 8 heteroatoms. The van der Waals surface area contributed by atoms with Crippen LogP contribution in [0.3, 0.4) is 0 Å². The fraction of sp³-hybridized carbons (Fsp3) is 0.188. The minimum Gasteiger partial charge on any atom is -0.484 e. The summed E-state index contributed by atoms with van der Waals surface area (Å²) < 4.78 is 33.6. The second-order valence-corrected chi connectivity index (χ2v) is 5.48. The Morgan fingerprint density at radius 1 is 1.04 bits per heavy atom. The summed E-state index contributed by atoms with van der Waals surface area (Å²) in [7, 11) is 0. The first-order valence-electron chi connectivity index (χ1n) is 6.82. The Hall–Kier alpha value is -2.05. The molecule has 0 saturated heterocycles. The number of rotatable bonds is 7. The number of nitrogens with one attached hydrogen (secondary N) is 1. The van der Waals surface area contributed by atoms with Gasteiger partial charge in [-0.1, -0.05) is 35.3 Å². The molecule has 0 radical (unpaired) electrons. The number of carbonyl (C=O) groups is 1. The van der Waals surface area contributed by atoms with Crippen molar-refractivity contribution in [3.63, 3.8) is 0 Å². The Morgan fingerprint density at radius 2 is 1.71 bits per heavy atom. The van der Waals surface area contributed by atoms with Crippen LogP contribution in [0.25, 0.3) is 0 Å². The summed E-state index contributed by atoms with van der Waals surface area (Å²) in [4.78, 5) is 11.7. The highest BCUT2D eigenvalue weighted by atomic mass is 35.5. The summed E-state index contributed by atoms with van der Waals surface area (Å²) in [6.07, 6.45) is 0. The van der Waals surface area contributed by atoms with Gasteiger partial charge < -0.3 is 14.8 Å². The number of ether oxygens (including phenoxy) is 2. The van der Waals surface area contributed by atoms with Crippen molar-refractivity contribution in [2.75, 3.05) is 6.61 Å². The zero-order valence-electron chi connectivity index (χ0n) is 12.3. The van der Waals surface area contributed by atoms with Crippen LogP contribution in [0.1, 0.15) is 5.56 Å². The molecule has 0 fully saturated rings. The highest BCUT2D eigenvalue weighted by molar-refractivity contribution is 6.42. The molecule has 0 aliphatic rings. The van der Waals surface area contributed by atoms with Gasteiger partial charge >= 0.3 is 6.61 Å². The molecule has 0 bridgehead atoms. The summed E-state index contributed by atoms with van der Waals surface area (Å²) in [5.74, 6) is 0.144. The third-order valence-corrected chi connectivity index (χ3v) is 3.64. The van der Waals surface area contributed by atoms with Gasteiger partial charge in [0.15, 0.2) is 6.61 Å². The van der Waals surface area contributed by atoms with E-state index in [-0.39, 0.29) is 24.8 Å². The number of benzene rings is 2. The van der Waals surface area contributed by atoms with Gasteiger partial charge in [0.25, 0.3) is 5.91 Å². The molecule has 1 N–H and O–H groups in total. The van der Waals surface area contributed by atoms with E-state index in [1.165, 1.54) is 18.2 Å². The second kappa shape index (κ2) is 8.70. The average molecular weight is 376 g/mol. The quantitative estimate of drug-likeness (QED) is 0.784. The molecule has 2 aromatic rings. The number of amides is 1. The van der Waals surface area contributed by atoms with Gasteiger partial charge in [0.05, 0.1) is 10.0 Å². The predicted octanol–water partition coefficient (Wildman–Crippen LogP) is 4.29. The van der Waals surface area contributed by atoms with Crippen molar-refractivity contribution in [2.24, 2.45) is 0 Å². The molecule has 128 valence electrons. The molecule has 0 aromatic heterocycles. The van der Waals surface area contributed by atoms with Crippen LogP contribution in [0.4, 0.5) is 8.78 Å². The highest BCUT2D eigenvalue weighted by Gasteiger charge is 2.06. The van der Waals surface area contributed by atoms with Crippen molar-refractivity contribution in [1.82, 2.24) is 5.32 Å². The smallest absolute Gasteiger partial charge is 0.387 e. The van der Waals surface area contributed by atoms with Crippen molar-refractivity contribution in [1.29, 1.82) is 0 Å². The van der Waals surface area contributed by atoms with Gasteiger partial charge in [-0.2, -0.15) is 8.78 Å². The summed E-state index contributed by atoms with van der Waals surface area (Å²) in [6.45, 7) is -2.82. The lowest BCUT2D eigenvalue weighted by Gasteiger charge is -2.09. The first kappa shape index (κ1) is 18.3. The van der Waals surface area contributed by atoms with Crippen LogP contribution in [-0.2, 0) is 11.3 Å². The largest absolute Gasteiger partial charge is 0.484 e. The van der Waals surface area contributed by atoms with Gasteiger partial charge in [-0.25, -0.2) is 0 Å². The molecule has 1 amide bonds. The molecular weight excluding hydrogens is 363 g/mol. The van der Waals surface area contributed by atoms with E-state index in [1.807, 2.05) is 0 Å². The van der Waals surface area contributed by atoms with Crippen LogP contribution in [0.5, 0.6) is 11.5 Å². The third kappa shape index (κ3) is 5.86. The van der Waals surface area contributed by atoms with Crippen molar-refractivity contribution >= 4 is 29.1 Å². The molecular formula is C16H13Cl2F2NO3. The van der Waals surface area contributed by atoms with Crippen LogP contribution >= 0.6 is 23.2 Å². The monoisotopic (exact) mass is 375 g/mol. The fourth-order valence-electron chi connectivity index (χ4n) is 1.76. The van der Waals surface area contributed by atoms with Gasteiger partial charge in [-0.05, 0) is 29.8 Å². The Morgan fingerprint density at radius 3 is 2.33 bits per heavy atom.